The molecule has 0 radical (unpaired) electrons. The molecule has 2 rings (SSSR count). The second-order valence-corrected chi connectivity index (χ2v) is 5.82. The van der Waals surface area contributed by atoms with Crippen LogP contribution in [0.15, 0.2) is 18.3 Å². The van der Waals surface area contributed by atoms with Crippen LogP contribution in [0.4, 0.5) is 0 Å². The average Bonchev–Trinajstić information content (AvgIpc) is 2.54. The number of unbranched alkanes of at least 4 members (excludes halogenated alkanes) is 1. The van der Waals surface area contributed by atoms with Gasteiger partial charge in [0.25, 0.3) is 0 Å². The molecule has 1 aliphatic carbocycles. The summed E-state index contributed by atoms with van der Waals surface area (Å²) in [6, 6.07) is 3.42. The van der Waals surface area contributed by atoms with E-state index in [1.165, 1.54) is 25.5 Å². The third-order valence-corrected chi connectivity index (χ3v) is 4.28. The van der Waals surface area contributed by atoms with Gasteiger partial charge in [-0.1, -0.05) is 26.2 Å². The van der Waals surface area contributed by atoms with Gasteiger partial charge in [0.1, 0.15) is 5.75 Å². The zero-order valence-corrected chi connectivity index (χ0v) is 13.0. The fraction of sp³-hybridized carbons (Fsp3) is 0.647. The van der Waals surface area contributed by atoms with Crippen LogP contribution in [0.5, 0.6) is 11.6 Å². The number of hydrogen-bond acceptors (Lipinski definition) is 4. The number of carbonyl (C=O) groups excluding carboxylic acids is 1. The topological polar surface area (TPSA) is 48.4 Å². The highest BCUT2D eigenvalue weighted by Crippen LogP contribution is 2.32. The molecular formula is C17H25NO3. The van der Waals surface area contributed by atoms with Crippen molar-refractivity contribution in [1.29, 1.82) is 0 Å². The van der Waals surface area contributed by atoms with Gasteiger partial charge in [0.05, 0.1) is 19.2 Å². The predicted octanol–water partition coefficient (Wildman–Crippen LogP) is 3.99. The molecule has 116 valence electrons. The van der Waals surface area contributed by atoms with Crippen LogP contribution in [0.3, 0.4) is 0 Å². The van der Waals surface area contributed by atoms with Crippen molar-refractivity contribution < 1.29 is 14.3 Å². The summed E-state index contributed by atoms with van der Waals surface area (Å²) >= 11 is 0. The first kappa shape index (κ1) is 15.8. The Hall–Kier alpha value is -1.58. The molecule has 0 unspecified atom stereocenters. The van der Waals surface area contributed by atoms with Crippen molar-refractivity contribution in [2.45, 2.75) is 51.9 Å². The van der Waals surface area contributed by atoms with Crippen LogP contribution >= 0.6 is 0 Å². The highest BCUT2D eigenvalue weighted by Gasteiger charge is 2.27. The Kier molecular flexibility index (Phi) is 6.03. The Morgan fingerprint density at radius 1 is 1.29 bits per heavy atom. The van der Waals surface area contributed by atoms with Crippen molar-refractivity contribution in [2.75, 3.05) is 7.11 Å². The molecule has 1 fully saturated rings. The Labute approximate surface area is 126 Å². The molecule has 0 amide bonds. The number of esters is 1. The van der Waals surface area contributed by atoms with Crippen LogP contribution < -0.4 is 9.47 Å². The van der Waals surface area contributed by atoms with E-state index < -0.39 is 0 Å². The van der Waals surface area contributed by atoms with Crippen LogP contribution in [0, 0.1) is 11.8 Å². The smallest absolute Gasteiger partial charge is 0.314 e. The molecule has 0 spiro atoms. The van der Waals surface area contributed by atoms with Gasteiger partial charge in [-0.3, -0.25) is 4.79 Å². The molecule has 0 N–H and O–H groups in total. The highest BCUT2D eigenvalue weighted by molar-refractivity contribution is 5.75. The summed E-state index contributed by atoms with van der Waals surface area (Å²) in [5, 5.41) is 0. The van der Waals surface area contributed by atoms with Gasteiger partial charge in [-0.05, 0) is 37.7 Å². The first-order valence-corrected chi connectivity index (χ1v) is 7.94. The minimum atomic E-state index is -0.115. The summed E-state index contributed by atoms with van der Waals surface area (Å²) in [7, 11) is 1.56. The normalized spacial score (nSPS) is 21.8. The quantitative estimate of drug-likeness (QED) is 0.743. The Morgan fingerprint density at radius 3 is 2.62 bits per heavy atom. The van der Waals surface area contributed by atoms with Crippen molar-refractivity contribution in [3.63, 3.8) is 0 Å². The number of rotatable bonds is 6. The van der Waals surface area contributed by atoms with E-state index in [0.717, 1.165) is 31.6 Å². The molecule has 0 atom stereocenters. The molecule has 1 aliphatic rings. The van der Waals surface area contributed by atoms with Gasteiger partial charge in [0, 0.05) is 6.07 Å². The number of ether oxygens (including phenoxy) is 2. The lowest BCUT2D eigenvalue weighted by molar-refractivity contribution is -0.140. The van der Waals surface area contributed by atoms with E-state index in [1.807, 2.05) is 0 Å². The third-order valence-electron chi connectivity index (χ3n) is 4.28. The molecule has 21 heavy (non-hydrogen) atoms. The zero-order valence-electron chi connectivity index (χ0n) is 13.0. The highest BCUT2D eigenvalue weighted by atomic mass is 16.5. The van der Waals surface area contributed by atoms with E-state index in [1.54, 1.807) is 19.2 Å². The molecule has 1 aromatic heterocycles. The summed E-state index contributed by atoms with van der Waals surface area (Å²) < 4.78 is 10.4. The van der Waals surface area contributed by atoms with Crippen LogP contribution in [-0.2, 0) is 4.79 Å². The molecule has 0 bridgehead atoms. The minimum Gasteiger partial charge on any atom is -0.481 e. The van der Waals surface area contributed by atoms with Gasteiger partial charge in [-0.25, -0.2) is 4.98 Å². The standard InChI is InChI=1S/C17H25NO3/c1-3-4-5-13-6-8-14(9-7-13)17(19)21-15-10-11-16(20-2)18-12-15/h10-14H,3-9H2,1-2H3. The summed E-state index contributed by atoms with van der Waals surface area (Å²) in [4.78, 5) is 16.2. The van der Waals surface area contributed by atoms with E-state index in [-0.39, 0.29) is 11.9 Å². The minimum absolute atomic E-state index is 0.0463. The lowest BCUT2D eigenvalue weighted by Gasteiger charge is -2.27. The van der Waals surface area contributed by atoms with Crippen molar-refractivity contribution >= 4 is 5.97 Å². The zero-order chi connectivity index (χ0) is 15.1. The van der Waals surface area contributed by atoms with Crippen molar-refractivity contribution in [3.05, 3.63) is 18.3 Å². The van der Waals surface area contributed by atoms with Crippen molar-refractivity contribution in [2.24, 2.45) is 11.8 Å². The van der Waals surface area contributed by atoms with Gasteiger partial charge in [0.2, 0.25) is 5.88 Å². The summed E-state index contributed by atoms with van der Waals surface area (Å²) in [5.41, 5.74) is 0. The lowest BCUT2D eigenvalue weighted by Crippen LogP contribution is -2.25. The summed E-state index contributed by atoms with van der Waals surface area (Å²) in [5.74, 6) is 1.75. The largest absolute Gasteiger partial charge is 0.481 e. The van der Waals surface area contributed by atoms with Gasteiger partial charge in [0.15, 0.2) is 0 Å². The monoisotopic (exact) mass is 291 g/mol. The molecule has 1 heterocycles. The number of hydrogen-bond donors (Lipinski definition) is 0. The Balaban J connectivity index is 1.78. The van der Waals surface area contributed by atoms with Gasteiger partial charge in [-0.2, -0.15) is 0 Å². The van der Waals surface area contributed by atoms with E-state index in [0.29, 0.717) is 11.6 Å². The van der Waals surface area contributed by atoms with Crippen LogP contribution in [0.1, 0.15) is 51.9 Å². The maximum atomic E-state index is 12.2. The number of nitrogens with zero attached hydrogens (tertiary/aromatic N) is 1. The van der Waals surface area contributed by atoms with Crippen molar-refractivity contribution in [3.8, 4) is 11.6 Å². The number of pyridine rings is 1. The molecule has 1 aromatic rings. The van der Waals surface area contributed by atoms with E-state index in [4.69, 9.17) is 9.47 Å². The van der Waals surface area contributed by atoms with Gasteiger partial charge < -0.3 is 9.47 Å². The van der Waals surface area contributed by atoms with Crippen LogP contribution in [-0.4, -0.2) is 18.1 Å². The maximum Gasteiger partial charge on any atom is 0.314 e. The molecule has 0 aliphatic heterocycles. The fourth-order valence-corrected chi connectivity index (χ4v) is 2.93. The molecule has 0 saturated heterocycles. The third kappa shape index (κ3) is 4.73. The Bertz CT molecular complexity index is 436. The average molecular weight is 291 g/mol. The molecule has 4 heteroatoms. The SMILES string of the molecule is CCCCC1CCC(C(=O)Oc2ccc(OC)nc2)CC1. The summed E-state index contributed by atoms with van der Waals surface area (Å²) in [6.45, 7) is 2.23. The molecular weight excluding hydrogens is 266 g/mol. The van der Waals surface area contributed by atoms with Crippen molar-refractivity contribution in [1.82, 2.24) is 4.98 Å². The first-order valence-electron chi connectivity index (χ1n) is 7.94. The molecule has 0 aromatic carbocycles. The first-order chi connectivity index (χ1) is 10.2. The van der Waals surface area contributed by atoms with Gasteiger partial charge >= 0.3 is 5.97 Å². The molecule has 4 nitrogen and oxygen atoms in total. The van der Waals surface area contributed by atoms with E-state index in [2.05, 4.69) is 11.9 Å². The Morgan fingerprint density at radius 2 is 2.05 bits per heavy atom. The fourth-order valence-electron chi connectivity index (χ4n) is 2.93. The number of methoxy groups -OCH3 is 1. The van der Waals surface area contributed by atoms with Crippen LogP contribution in [0.25, 0.3) is 0 Å². The predicted molar refractivity (Wildman–Crippen MR) is 81.4 cm³/mol. The maximum absolute atomic E-state index is 12.2. The second-order valence-electron chi connectivity index (χ2n) is 5.82. The number of carbonyl (C=O) groups is 1. The van der Waals surface area contributed by atoms with E-state index >= 15 is 0 Å². The number of aromatic nitrogens is 1. The van der Waals surface area contributed by atoms with Gasteiger partial charge in [-0.15, -0.1) is 0 Å². The lowest BCUT2D eigenvalue weighted by atomic mass is 9.80. The van der Waals surface area contributed by atoms with Crippen LogP contribution in [0.2, 0.25) is 0 Å². The summed E-state index contributed by atoms with van der Waals surface area (Å²) in [6.07, 6.45) is 9.61. The second kappa shape index (κ2) is 8.01. The van der Waals surface area contributed by atoms with E-state index in [9.17, 15) is 4.79 Å². The molecule has 1 saturated carbocycles.